The van der Waals surface area contributed by atoms with Gasteiger partial charge in [0.2, 0.25) is 0 Å². The van der Waals surface area contributed by atoms with Gasteiger partial charge in [0, 0.05) is 11.5 Å². The largest absolute Gasteiger partial charge is 0.478 e. The number of carboxylic acids is 1. The average Bonchev–Trinajstić information content (AvgIpc) is 2.72. The standard InChI is InChI=1S/C25H22O2/c1-19(25(26)27)17-23(21-13-7-3-8-14-21)24(22-15-9-4-10-16-22)18-20-11-5-2-6-12-20/h2-16,18,23H,1,17H2,(H,26,27). The first kappa shape index (κ1) is 18.4. The molecule has 0 amide bonds. The molecule has 0 aliphatic carbocycles. The Morgan fingerprint density at radius 2 is 1.37 bits per heavy atom. The van der Waals surface area contributed by atoms with E-state index in [0.717, 1.165) is 22.3 Å². The Hall–Kier alpha value is -3.39. The minimum atomic E-state index is -0.956. The van der Waals surface area contributed by atoms with E-state index in [4.69, 9.17) is 0 Å². The fourth-order valence-electron chi connectivity index (χ4n) is 3.17. The van der Waals surface area contributed by atoms with Crippen LogP contribution in [0.15, 0.2) is 103 Å². The molecule has 3 aromatic carbocycles. The van der Waals surface area contributed by atoms with Crippen LogP contribution in [0.5, 0.6) is 0 Å². The highest BCUT2D eigenvalue weighted by atomic mass is 16.4. The molecule has 0 aliphatic heterocycles. The number of carbonyl (C=O) groups is 1. The second kappa shape index (κ2) is 8.81. The molecule has 1 unspecified atom stereocenters. The Morgan fingerprint density at radius 1 is 0.852 bits per heavy atom. The van der Waals surface area contributed by atoms with Crippen molar-refractivity contribution in [2.75, 3.05) is 0 Å². The third-order valence-electron chi connectivity index (χ3n) is 4.56. The van der Waals surface area contributed by atoms with Crippen LogP contribution in [0.2, 0.25) is 0 Å². The van der Waals surface area contributed by atoms with Crippen molar-refractivity contribution in [1.82, 2.24) is 0 Å². The number of carboxylic acid groups (broad SMARTS) is 1. The zero-order chi connectivity index (χ0) is 19.1. The third-order valence-corrected chi connectivity index (χ3v) is 4.56. The summed E-state index contributed by atoms with van der Waals surface area (Å²) < 4.78 is 0. The van der Waals surface area contributed by atoms with Gasteiger partial charge in [-0.25, -0.2) is 4.79 Å². The molecule has 0 heterocycles. The lowest BCUT2D eigenvalue weighted by atomic mass is 9.81. The Labute approximate surface area is 160 Å². The molecule has 134 valence electrons. The van der Waals surface area contributed by atoms with Crippen LogP contribution in [0.25, 0.3) is 11.6 Å². The van der Waals surface area contributed by atoms with Gasteiger partial charge in [-0.3, -0.25) is 0 Å². The lowest BCUT2D eigenvalue weighted by molar-refractivity contribution is -0.132. The van der Waals surface area contributed by atoms with Gasteiger partial charge in [-0.05, 0) is 28.7 Å². The highest BCUT2D eigenvalue weighted by molar-refractivity contribution is 5.89. The summed E-state index contributed by atoms with van der Waals surface area (Å²) in [4.78, 5) is 11.5. The van der Waals surface area contributed by atoms with E-state index >= 15 is 0 Å². The van der Waals surface area contributed by atoms with Crippen molar-refractivity contribution in [2.45, 2.75) is 12.3 Å². The molecule has 1 N–H and O–H groups in total. The van der Waals surface area contributed by atoms with Crippen molar-refractivity contribution >= 4 is 17.6 Å². The number of aliphatic carboxylic acids is 1. The zero-order valence-electron chi connectivity index (χ0n) is 15.1. The van der Waals surface area contributed by atoms with E-state index in [1.165, 1.54) is 0 Å². The lowest BCUT2D eigenvalue weighted by Gasteiger charge is -2.22. The highest BCUT2D eigenvalue weighted by Gasteiger charge is 2.21. The van der Waals surface area contributed by atoms with Crippen LogP contribution in [-0.4, -0.2) is 11.1 Å². The van der Waals surface area contributed by atoms with Crippen molar-refractivity contribution in [3.05, 3.63) is 120 Å². The van der Waals surface area contributed by atoms with Crippen LogP contribution < -0.4 is 0 Å². The highest BCUT2D eigenvalue weighted by Crippen LogP contribution is 2.38. The molecule has 0 aromatic heterocycles. The maximum absolute atomic E-state index is 11.5. The van der Waals surface area contributed by atoms with Crippen molar-refractivity contribution in [2.24, 2.45) is 0 Å². The van der Waals surface area contributed by atoms with E-state index in [0.29, 0.717) is 6.42 Å². The molecule has 0 saturated carbocycles. The average molecular weight is 354 g/mol. The predicted octanol–water partition coefficient (Wildman–Crippen LogP) is 6.04. The predicted molar refractivity (Wildman–Crippen MR) is 111 cm³/mol. The molecule has 0 saturated heterocycles. The van der Waals surface area contributed by atoms with Crippen LogP contribution in [0.1, 0.15) is 29.0 Å². The van der Waals surface area contributed by atoms with Gasteiger partial charge >= 0.3 is 5.97 Å². The summed E-state index contributed by atoms with van der Waals surface area (Å²) in [6.07, 6.45) is 2.50. The van der Waals surface area contributed by atoms with Crippen LogP contribution in [-0.2, 0) is 4.79 Å². The lowest BCUT2D eigenvalue weighted by Crippen LogP contribution is -2.08. The molecular formula is C25H22O2. The van der Waals surface area contributed by atoms with Crippen molar-refractivity contribution in [3.8, 4) is 0 Å². The normalized spacial score (nSPS) is 12.4. The van der Waals surface area contributed by atoms with Gasteiger partial charge in [0.15, 0.2) is 0 Å². The molecule has 0 aliphatic rings. The summed E-state index contributed by atoms with van der Waals surface area (Å²) in [6, 6.07) is 30.2. The summed E-state index contributed by atoms with van der Waals surface area (Å²) in [7, 11) is 0. The summed E-state index contributed by atoms with van der Waals surface area (Å²) in [5, 5.41) is 9.40. The second-order valence-electron chi connectivity index (χ2n) is 6.45. The van der Waals surface area contributed by atoms with E-state index in [1.807, 2.05) is 66.7 Å². The SMILES string of the molecule is C=C(CC(C(=Cc1ccccc1)c1ccccc1)c1ccccc1)C(=O)O. The molecule has 3 aromatic rings. The summed E-state index contributed by atoms with van der Waals surface area (Å²) in [6.45, 7) is 3.78. The van der Waals surface area contributed by atoms with E-state index in [1.54, 1.807) is 0 Å². The second-order valence-corrected chi connectivity index (χ2v) is 6.45. The van der Waals surface area contributed by atoms with Gasteiger partial charge in [-0.15, -0.1) is 0 Å². The molecule has 0 bridgehead atoms. The van der Waals surface area contributed by atoms with E-state index in [-0.39, 0.29) is 11.5 Å². The number of hydrogen-bond donors (Lipinski definition) is 1. The number of allylic oxidation sites excluding steroid dienone is 1. The first-order chi connectivity index (χ1) is 13.1. The maximum Gasteiger partial charge on any atom is 0.330 e. The molecule has 2 nitrogen and oxygen atoms in total. The minimum Gasteiger partial charge on any atom is -0.478 e. The van der Waals surface area contributed by atoms with Crippen molar-refractivity contribution in [3.63, 3.8) is 0 Å². The third kappa shape index (κ3) is 4.83. The summed E-state index contributed by atoms with van der Waals surface area (Å²) in [5.41, 5.74) is 4.52. The Balaban J connectivity index is 2.14. The molecule has 27 heavy (non-hydrogen) atoms. The van der Waals surface area contributed by atoms with Gasteiger partial charge in [0.25, 0.3) is 0 Å². The molecule has 3 rings (SSSR count). The topological polar surface area (TPSA) is 37.3 Å². The van der Waals surface area contributed by atoms with Crippen molar-refractivity contribution in [1.29, 1.82) is 0 Å². The molecule has 1 atom stereocenters. The Morgan fingerprint density at radius 3 is 1.93 bits per heavy atom. The van der Waals surface area contributed by atoms with Gasteiger partial charge in [-0.2, -0.15) is 0 Å². The zero-order valence-corrected chi connectivity index (χ0v) is 15.1. The monoisotopic (exact) mass is 354 g/mol. The van der Waals surface area contributed by atoms with E-state index in [2.05, 4.69) is 36.9 Å². The fourth-order valence-corrected chi connectivity index (χ4v) is 3.17. The number of rotatable bonds is 7. The van der Waals surface area contributed by atoms with Crippen LogP contribution in [0.3, 0.4) is 0 Å². The van der Waals surface area contributed by atoms with Gasteiger partial charge < -0.3 is 5.11 Å². The smallest absolute Gasteiger partial charge is 0.330 e. The maximum atomic E-state index is 11.5. The molecule has 0 radical (unpaired) electrons. The molecule has 2 heteroatoms. The fraction of sp³-hybridized carbons (Fsp3) is 0.0800. The van der Waals surface area contributed by atoms with Gasteiger partial charge in [0.1, 0.15) is 0 Å². The van der Waals surface area contributed by atoms with Gasteiger partial charge in [-0.1, -0.05) is 104 Å². The van der Waals surface area contributed by atoms with Crippen LogP contribution >= 0.6 is 0 Å². The van der Waals surface area contributed by atoms with E-state index < -0.39 is 5.97 Å². The summed E-state index contributed by atoms with van der Waals surface area (Å²) >= 11 is 0. The summed E-state index contributed by atoms with van der Waals surface area (Å²) in [5.74, 6) is -1.06. The molecule has 0 spiro atoms. The van der Waals surface area contributed by atoms with Crippen LogP contribution in [0.4, 0.5) is 0 Å². The number of benzene rings is 3. The minimum absolute atomic E-state index is 0.0996. The quantitative estimate of drug-likeness (QED) is 0.415. The molecular weight excluding hydrogens is 332 g/mol. The Bertz CT molecular complexity index is 926. The van der Waals surface area contributed by atoms with Crippen LogP contribution in [0, 0.1) is 0 Å². The number of hydrogen-bond acceptors (Lipinski definition) is 1. The first-order valence-electron chi connectivity index (χ1n) is 8.93. The van der Waals surface area contributed by atoms with Crippen molar-refractivity contribution < 1.29 is 9.90 Å². The van der Waals surface area contributed by atoms with E-state index in [9.17, 15) is 9.90 Å². The van der Waals surface area contributed by atoms with Gasteiger partial charge in [0.05, 0.1) is 0 Å². The first-order valence-corrected chi connectivity index (χ1v) is 8.93. The Kier molecular flexibility index (Phi) is 6.01. The molecule has 0 fully saturated rings.